The number of para-hydroxylation sites is 2. The van der Waals surface area contributed by atoms with E-state index in [1.165, 1.54) is 30.6 Å². The molecule has 9 nitrogen and oxygen atoms in total. The molecular weight excluding hydrogens is 444 g/mol. The molecule has 0 unspecified atom stereocenters. The Morgan fingerprint density at radius 1 is 1.03 bits per heavy atom. The lowest BCUT2D eigenvalue weighted by atomic mass is 10.2. The lowest BCUT2D eigenvalue weighted by molar-refractivity contribution is -0.120. The number of amidine groups is 1. The monoisotopic (exact) mass is 468 g/mol. The number of nitrogens with two attached hydrogens (primary N) is 1. The van der Waals surface area contributed by atoms with Crippen molar-refractivity contribution in [3.05, 3.63) is 84.4 Å². The summed E-state index contributed by atoms with van der Waals surface area (Å²) < 4.78 is 32.3. The number of methoxy groups -OCH3 is 1. The Balaban J connectivity index is 1.65. The van der Waals surface area contributed by atoms with Crippen LogP contribution in [0, 0.1) is 0 Å². The van der Waals surface area contributed by atoms with Gasteiger partial charge in [-0.25, -0.2) is 8.42 Å². The van der Waals surface area contributed by atoms with Gasteiger partial charge in [0.05, 0.1) is 23.3 Å². The average molecular weight is 469 g/mol. The van der Waals surface area contributed by atoms with Crippen LogP contribution in [0.3, 0.4) is 0 Å². The molecule has 3 N–H and O–H groups in total. The van der Waals surface area contributed by atoms with E-state index in [0.29, 0.717) is 22.7 Å². The second-order valence-corrected chi connectivity index (χ2v) is 8.80. The van der Waals surface area contributed by atoms with E-state index in [2.05, 4.69) is 10.5 Å². The molecule has 0 aromatic heterocycles. The van der Waals surface area contributed by atoms with Gasteiger partial charge in [0.25, 0.3) is 15.9 Å². The van der Waals surface area contributed by atoms with Crippen molar-refractivity contribution in [2.75, 3.05) is 30.4 Å². The zero-order valence-electron chi connectivity index (χ0n) is 18.1. The molecule has 0 radical (unpaired) electrons. The van der Waals surface area contributed by atoms with Gasteiger partial charge in [0.15, 0.2) is 12.4 Å². The summed E-state index contributed by atoms with van der Waals surface area (Å²) in [5.41, 5.74) is 7.24. The van der Waals surface area contributed by atoms with Crippen LogP contribution in [0.1, 0.15) is 5.56 Å². The molecule has 0 atom stereocenters. The Hall–Kier alpha value is -4.05. The van der Waals surface area contributed by atoms with E-state index in [-0.39, 0.29) is 10.7 Å². The van der Waals surface area contributed by atoms with Gasteiger partial charge in [-0.05, 0) is 42.5 Å². The molecule has 0 bridgehead atoms. The topological polar surface area (TPSA) is 123 Å². The number of nitrogens with one attached hydrogen (secondary N) is 1. The highest BCUT2D eigenvalue weighted by molar-refractivity contribution is 7.92. The van der Waals surface area contributed by atoms with Crippen molar-refractivity contribution in [3.63, 3.8) is 0 Å². The number of hydrogen-bond donors (Lipinski definition) is 2. The normalized spacial score (nSPS) is 11.5. The maximum atomic E-state index is 13.0. The molecule has 3 aromatic rings. The lowest BCUT2D eigenvalue weighted by Gasteiger charge is -2.19. The summed E-state index contributed by atoms with van der Waals surface area (Å²) in [6, 6.07) is 21.6. The minimum atomic E-state index is -3.82. The van der Waals surface area contributed by atoms with Crippen LogP contribution in [0.5, 0.6) is 5.75 Å². The Kier molecular flexibility index (Phi) is 7.52. The lowest BCUT2D eigenvalue weighted by Crippen LogP contribution is -2.26. The molecular formula is C23H24N4O5S. The van der Waals surface area contributed by atoms with Crippen LogP contribution < -0.4 is 20.1 Å². The van der Waals surface area contributed by atoms with Gasteiger partial charge in [0.2, 0.25) is 0 Å². The van der Waals surface area contributed by atoms with Gasteiger partial charge in [-0.3, -0.25) is 9.10 Å². The summed E-state index contributed by atoms with van der Waals surface area (Å²) in [6.07, 6.45) is 0. The summed E-state index contributed by atoms with van der Waals surface area (Å²) in [5.74, 6) is 0.0418. The first-order valence-corrected chi connectivity index (χ1v) is 11.3. The van der Waals surface area contributed by atoms with Crippen molar-refractivity contribution < 1.29 is 22.8 Å². The first-order chi connectivity index (χ1) is 15.8. The molecule has 10 heteroatoms. The minimum absolute atomic E-state index is 0.0333. The Labute approximate surface area is 192 Å². The number of sulfonamides is 1. The maximum Gasteiger partial charge on any atom is 0.265 e. The zero-order valence-corrected chi connectivity index (χ0v) is 19.0. The van der Waals surface area contributed by atoms with Crippen LogP contribution in [-0.4, -0.2) is 40.9 Å². The summed E-state index contributed by atoms with van der Waals surface area (Å²) >= 11 is 0. The van der Waals surface area contributed by atoms with Crippen LogP contribution in [0.15, 0.2) is 88.9 Å². The van der Waals surface area contributed by atoms with Crippen LogP contribution in [0.4, 0.5) is 11.4 Å². The van der Waals surface area contributed by atoms with Crippen molar-refractivity contribution in [2.24, 2.45) is 10.9 Å². The van der Waals surface area contributed by atoms with E-state index in [4.69, 9.17) is 15.3 Å². The summed E-state index contributed by atoms with van der Waals surface area (Å²) in [5, 5.41) is 6.34. The number of rotatable bonds is 9. The SMILES string of the molecule is COc1ccccc1/C(N)=N/OCC(=O)Nc1cccc(S(=O)(=O)N(C)c2ccccc2)c1. The summed E-state index contributed by atoms with van der Waals surface area (Å²) in [4.78, 5) is 17.3. The van der Waals surface area contributed by atoms with Crippen LogP contribution in [0.2, 0.25) is 0 Å². The Morgan fingerprint density at radius 2 is 1.73 bits per heavy atom. The highest BCUT2D eigenvalue weighted by Gasteiger charge is 2.21. The predicted octanol–water partition coefficient (Wildman–Crippen LogP) is 2.80. The predicted molar refractivity (Wildman–Crippen MR) is 127 cm³/mol. The van der Waals surface area contributed by atoms with Gasteiger partial charge in [-0.2, -0.15) is 0 Å². The van der Waals surface area contributed by atoms with Crippen molar-refractivity contribution in [1.29, 1.82) is 0 Å². The third kappa shape index (κ3) is 5.80. The highest BCUT2D eigenvalue weighted by atomic mass is 32.2. The fraction of sp³-hybridized carbons (Fsp3) is 0.130. The highest BCUT2D eigenvalue weighted by Crippen LogP contribution is 2.23. The van der Waals surface area contributed by atoms with E-state index < -0.39 is 22.5 Å². The second kappa shape index (κ2) is 10.5. The average Bonchev–Trinajstić information content (AvgIpc) is 2.84. The number of amides is 1. The Morgan fingerprint density at radius 3 is 2.45 bits per heavy atom. The number of benzene rings is 3. The molecule has 0 aliphatic heterocycles. The fourth-order valence-corrected chi connectivity index (χ4v) is 4.17. The molecule has 172 valence electrons. The van der Waals surface area contributed by atoms with Crippen LogP contribution >= 0.6 is 0 Å². The van der Waals surface area contributed by atoms with Gasteiger partial charge < -0.3 is 20.6 Å². The first-order valence-electron chi connectivity index (χ1n) is 9.85. The minimum Gasteiger partial charge on any atom is -0.496 e. The maximum absolute atomic E-state index is 13.0. The number of oxime groups is 1. The third-order valence-corrected chi connectivity index (χ3v) is 6.42. The number of carbonyl (C=O) groups is 1. The number of carbonyl (C=O) groups excluding carboxylic acids is 1. The van der Waals surface area contributed by atoms with Crippen molar-refractivity contribution in [1.82, 2.24) is 0 Å². The summed E-state index contributed by atoms with van der Waals surface area (Å²) in [7, 11) is -0.843. The second-order valence-electron chi connectivity index (χ2n) is 6.83. The van der Waals surface area contributed by atoms with Gasteiger partial charge in [0, 0.05) is 12.7 Å². The summed E-state index contributed by atoms with van der Waals surface area (Å²) in [6.45, 7) is -0.420. The van der Waals surface area contributed by atoms with E-state index in [0.717, 1.165) is 0 Å². The third-order valence-electron chi connectivity index (χ3n) is 4.64. The molecule has 33 heavy (non-hydrogen) atoms. The van der Waals surface area contributed by atoms with Gasteiger partial charge in [-0.15, -0.1) is 0 Å². The van der Waals surface area contributed by atoms with Gasteiger partial charge in [-0.1, -0.05) is 41.6 Å². The number of nitrogens with zero attached hydrogens (tertiary/aromatic N) is 2. The molecule has 0 fully saturated rings. The molecule has 0 heterocycles. The molecule has 3 rings (SSSR count). The number of hydrogen-bond acceptors (Lipinski definition) is 6. The standard InChI is InChI=1S/C23H24N4O5S/c1-27(18-10-4-3-5-11-18)33(29,30)19-12-8-9-17(15-19)25-22(28)16-32-26-23(24)20-13-6-7-14-21(20)31-2/h3-15H,16H2,1-2H3,(H2,24,26)(H,25,28). The van der Waals surface area contributed by atoms with Gasteiger partial charge >= 0.3 is 0 Å². The number of anilines is 2. The van der Waals surface area contributed by atoms with Crippen LogP contribution in [0.25, 0.3) is 0 Å². The van der Waals surface area contributed by atoms with E-state index in [1.54, 1.807) is 66.7 Å². The first kappa shape index (κ1) is 23.6. The molecule has 1 amide bonds. The van der Waals surface area contributed by atoms with Crippen molar-refractivity contribution in [2.45, 2.75) is 4.90 Å². The molecule has 0 saturated heterocycles. The van der Waals surface area contributed by atoms with Crippen molar-refractivity contribution >= 4 is 33.1 Å². The molecule has 0 spiro atoms. The zero-order chi connectivity index (χ0) is 23.8. The fourth-order valence-electron chi connectivity index (χ4n) is 2.93. The van der Waals surface area contributed by atoms with Gasteiger partial charge in [0.1, 0.15) is 5.75 Å². The van der Waals surface area contributed by atoms with E-state index in [9.17, 15) is 13.2 Å². The van der Waals surface area contributed by atoms with E-state index >= 15 is 0 Å². The van der Waals surface area contributed by atoms with E-state index in [1.807, 2.05) is 0 Å². The molecule has 3 aromatic carbocycles. The smallest absolute Gasteiger partial charge is 0.265 e. The molecule has 0 aliphatic carbocycles. The van der Waals surface area contributed by atoms with Crippen LogP contribution in [-0.2, 0) is 19.7 Å². The molecule has 0 aliphatic rings. The largest absolute Gasteiger partial charge is 0.496 e. The van der Waals surface area contributed by atoms with Crippen molar-refractivity contribution in [3.8, 4) is 5.75 Å². The Bertz CT molecular complexity index is 1250. The number of ether oxygens (including phenoxy) is 1. The quantitative estimate of drug-likeness (QED) is 0.283. The molecule has 0 saturated carbocycles.